The van der Waals surface area contributed by atoms with E-state index in [0.717, 1.165) is 11.3 Å². The highest BCUT2D eigenvalue weighted by Gasteiger charge is 2.37. The first-order valence-electron chi connectivity index (χ1n) is 10.6. The van der Waals surface area contributed by atoms with Crippen LogP contribution in [0.25, 0.3) is 11.0 Å². The number of nitrogens with zero attached hydrogens (tertiary/aromatic N) is 4. The number of alkyl halides is 2. The molecule has 0 atom stereocenters. The van der Waals surface area contributed by atoms with E-state index in [4.69, 9.17) is 11.5 Å². The molecule has 1 aromatic carbocycles. The van der Waals surface area contributed by atoms with Gasteiger partial charge in [-0.3, -0.25) is 14.5 Å². The van der Waals surface area contributed by atoms with Crippen LogP contribution in [-0.2, 0) is 13.0 Å². The standard InChI is InChI=1S/C22H25F2N7O2/c1-2-31-18(25)16(19(26)33)17(32)15-11-27-21(29-20(15)31)28-14-5-3-13(4-6-14)7-9-30-10-8-22(23,24)12-30/h3-6,11H,2,7-10,12,25H2,1H3,(H2,26,33)(H,27,28,29). The van der Waals surface area contributed by atoms with Gasteiger partial charge < -0.3 is 21.4 Å². The number of aryl methyl sites for hydroxylation is 1. The van der Waals surface area contributed by atoms with E-state index in [0.29, 0.717) is 31.7 Å². The molecule has 1 aliphatic heterocycles. The SMILES string of the molecule is CCn1c(N)c(C(N)=O)c(=O)c2cnc(Nc3ccc(CCN4CCC(F)(F)C4)cc3)nc21. The lowest BCUT2D eigenvalue weighted by molar-refractivity contribution is 0.0123. The van der Waals surface area contributed by atoms with Gasteiger partial charge >= 0.3 is 0 Å². The Balaban J connectivity index is 1.51. The molecular formula is C22H25F2N7O2. The summed E-state index contributed by atoms with van der Waals surface area (Å²) >= 11 is 0. The van der Waals surface area contributed by atoms with E-state index in [1.807, 2.05) is 31.2 Å². The number of carbonyl (C=O) groups excluding carboxylic acids is 1. The van der Waals surface area contributed by atoms with E-state index >= 15 is 0 Å². The van der Waals surface area contributed by atoms with Crippen LogP contribution in [0.5, 0.6) is 0 Å². The number of carbonyl (C=O) groups is 1. The second-order valence-electron chi connectivity index (χ2n) is 8.08. The fraction of sp³-hybridized carbons (Fsp3) is 0.364. The van der Waals surface area contributed by atoms with Crippen LogP contribution in [0.3, 0.4) is 0 Å². The maximum absolute atomic E-state index is 13.3. The Hall–Kier alpha value is -3.60. The fourth-order valence-corrected chi connectivity index (χ4v) is 4.03. The summed E-state index contributed by atoms with van der Waals surface area (Å²) in [7, 11) is 0. The maximum Gasteiger partial charge on any atom is 0.261 e. The quantitative estimate of drug-likeness (QED) is 0.495. The number of amides is 1. The van der Waals surface area contributed by atoms with Crippen LogP contribution in [0.1, 0.15) is 29.3 Å². The molecule has 0 saturated carbocycles. The van der Waals surface area contributed by atoms with E-state index in [1.165, 1.54) is 10.8 Å². The van der Waals surface area contributed by atoms with Crippen molar-refractivity contribution in [3.05, 3.63) is 51.8 Å². The number of likely N-dealkylation sites (tertiary alicyclic amines) is 1. The molecule has 5 N–H and O–H groups in total. The molecule has 0 spiro atoms. The molecule has 1 saturated heterocycles. The second-order valence-corrected chi connectivity index (χ2v) is 8.08. The summed E-state index contributed by atoms with van der Waals surface area (Å²) in [5, 5.41) is 3.23. The van der Waals surface area contributed by atoms with E-state index in [-0.39, 0.29) is 35.7 Å². The number of benzene rings is 1. The zero-order chi connectivity index (χ0) is 23.8. The third kappa shape index (κ3) is 4.63. The van der Waals surface area contributed by atoms with Crippen molar-refractivity contribution in [2.24, 2.45) is 5.73 Å². The van der Waals surface area contributed by atoms with Crippen LogP contribution in [0, 0.1) is 0 Å². The highest BCUT2D eigenvalue weighted by atomic mass is 19.3. The molecule has 3 heterocycles. The van der Waals surface area contributed by atoms with Gasteiger partial charge in [-0.25, -0.2) is 13.8 Å². The molecule has 0 bridgehead atoms. The highest BCUT2D eigenvalue weighted by molar-refractivity contribution is 6.00. The molecule has 0 radical (unpaired) electrons. The first-order valence-corrected chi connectivity index (χ1v) is 10.6. The van der Waals surface area contributed by atoms with Crippen LogP contribution in [0.4, 0.5) is 26.2 Å². The summed E-state index contributed by atoms with van der Waals surface area (Å²) in [6, 6.07) is 7.52. The molecule has 33 heavy (non-hydrogen) atoms. The molecular weight excluding hydrogens is 432 g/mol. The van der Waals surface area contributed by atoms with Gasteiger partial charge in [-0.1, -0.05) is 12.1 Å². The first kappa shape index (κ1) is 22.6. The number of anilines is 3. The second kappa shape index (κ2) is 8.74. The topological polar surface area (TPSA) is 132 Å². The van der Waals surface area contributed by atoms with Gasteiger partial charge in [0.2, 0.25) is 11.4 Å². The van der Waals surface area contributed by atoms with Crippen LogP contribution >= 0.6 is 0 Å². The summed E-state index contributed by atoms with van der Waals surface area (Å²) in [6.07, 6.45) is 1.93. The van der Waals surface area contributed by atoms with Crippen molar-refractivity contribution in [1.82, 2.24) is 19.4 Å². The Labute approximate surface area is 188 Å². The lowest BCUT2D eigenvalue weighted by Gasteiger charge is -2.16. The molecule has 9 nitrogen and oxygen atoms in total. The molecule has 2 aromatic heterocycles. The minimum atomic E-state index is -2.58. The Kier molecular flexibility index (Phi) is 5.98. The number of primary amides is 1. The predicted octanol–water partition coefficient (Wildman–Crippen LogP) is 2.12. The Morgan fingerprint density at radius 3 is 2.61 bits per heavy atom. The highest BCUT2D eigenvalue weighted by Crippen LogP contribution is 2.27. The van der Waals surface area contributed by atoms with Crippen molar-refractivity contribution >= 4 is 34.4 Å². The number of nitrogens with two attached hydrogens (primary N) is 2. The van der Waals surface area contributed by atoms with Crippen molar-refractivity contribution < 1.29 is 13.6 Å². The first-order chi connectivity index (χ1) is 15.7. The van der Waals surface area contributed by atoms with E-state index < -0.39 is 17.3 Å². The lowest BCUT2D eigenvalue weighted by Crippen LogP contribution is -2.28. The van der Waals surface area contributed by atoms with Gasteiger partial charge in [0.05, 0.1) is 11.9 Å². The zero-order valence-electron chi connectivity index (χ0n) is 18.1. The third-order valence-electron chi connectivity index (χ3n) is 5.78. The summed E-state index contributed by atoms with van der Waals surface area (Å²) in [5.74, 6) is -3.26. The van der Waals surface area contributed by atoms with Crippen LogP contribution in [0.2, 0.25) is 0 Å². The molecule has 3 aromatic rings. The number of halogens is 2. The average Bonchev–Trinajstić information content (AvgIpc) is 3.12. The Morgan fingerprint density at radius 2 is 2.00 bits per heavy atom. The van der Waals surface area contributed by atoms with Gasteiger partial charge in [-0.2, -0.15) is 4.98 Å². The molecule has 4 rings (SSSR count). The van der Waals surface area contributed by atoms with Crippen molar-refractivity contribution in [1.29, 1.82) is 0 Å². The zero-order valence-corrected chi connectivity index (χ0v) is 18.1. The summed E-state index contributed by atoms with van der Waals surface area (Å²) in [6.45, 7) is 3.00. The van der Waals surface area contributed by atoms with E-state index in [1.54, 1.807) is 4.90 Å². The van der Waals surface area contributed by atoms with Gasteiger partial charge in [-0.15, -0.1) is 0 Å². The minimum Gasteiger partial charge on any atom is -0.384 e. The maximum atomic E-state index is 13.3. The van der Waals surface area contributed by atoms with Crippen LogP contribution in [0.15, 0.2) is 35.3 Å². The molecule has 1 amide bonds. The molecule has 0 unspecified atom stereocenters. The normalized spacial score (nSPS) is 15.7. The van der Waals surface area contributed by atoms with Gasteiger partial charge in [-0.05, 0) is 31.0 Å². The smallest absolute Gasteiger partial charge is 0.261 e. The largest absolute Gasteiger partial charge is 0.384 e. The molecule has 11 heteroatoms. The number of hydrogen-bond acceptors (Lipinski definition) is 7. The lowest BCUT2D eigenvalue weighted by atomic mass is 10.1. The number of pyridine rings is 1. The van der Waals surface area contributed by atoms with Gasteiger partial charge in [0.1, 0.15) is 11.4 Å². The van der Waals surface area contributed by atoms with Crippen molar-refractivity contribution in [3.63, 3.8) is 0 Å². The summed E-state index contributed by atoms with van der Waals surface area (Å²) < 4.78 is 28.2. The summed E-state index contributed by atoms with van der Waals surface area (Å²) in [5.41, 5.74) is 12.5. The summed E-state index contributed by atoms with van der Waals surface area (Å²) in [4.78, 5) is 34.7. The van der Waals surface area contributed by atoms with Gasteiger partial charge in [0, 0.05) is 37.9 Å². The van der Waals surface area contributed by atoms with E-state index in [2.05, 4.69) is 15.3 Å². The van der Waals surface area contributed by atoms with Crippen LogP contribution < -0.4 is 22.2 Å². The Bertz CT molecular complexity index is 1260. The number of rotatable bonds is 7. The van der Waals surface area contributed by atoms with E-state index in [9.17, 15) is 18.4 Å². The number of nitrogen functional groups attached to an aromatic ring is 1. The Morgan fingerprint density at radius 1 is 1.27 bits per heavy atom. The molecule has 0 aliphatic carbocycles. The monoisotopic (exact) mass is 457 g/mol. The predicted molar refractivity (Wildman–Crippen MR) is 122 cm³/mol. The average molecular weight is 457 g/mol. The van der Waals surface area contributed by atoms with Gasteiger partial charge in [0.25, 0.3) is 11.8 Å². The number of aromatic nitrogens is 3. The molecule has 1 fully saturated rings. The van der Waals surface area contributed by atoms with Crippen molar-refractivity contribution in [3.8, 4) is 0 Å². The third-order valence-corrected chi connectivity index (χ3v) is 5.78. The number of nitrogens with one attached hydrogen (secondary N) is 1. The minimum absolute atomic E-state index is 0.0349. The fourth-order valence-electron chi connectivity index (χ4n) is 4.03. The number of hydrogen-bond donors (Lipinski definition) is 3. The molecule has 1 aliphatic rings. The molecule has 174 valence electrons. The van der Waals surface area contributed by atoms with Gasteiger partial charge in [0.15, 0.2) is 5.65 Å². The van der Waals surface area contributed by atoms with Crippen molar-refractivity contribution in [2.75, 3.05) is 30.7 Å². The van der Waals surface area contributed by atoms with Crippen molar-refractivity contribution in [2.45, 2.75) is 32.2 Å². The van der Waals surface area contributed by atoms with Crippen LogP contribution in [-0.4, -0.2) is 50.9 Å². The number of fused-ring (bicyclic) bond motifs is 1.